The van der Waals surface area contributed by atoms with Crippen molar-refractivity contribution in [2.45, 2.75) is 20.8 Å². The van der Waals surface area contributed by atoms with E-state index in [1.165, 1.54) is 0 Å². The molecule has 0 aliphatic rings. The van der Waals surface area contributed by atoms with Gasteiger partial charge in [0, 0.05) is 11.8 Å². The van der Waals surface area contributed by atoms with E-state index < -0.39 is 6.03 Å². The molecule has 0 fully saturated rings. The van der Waals surface area contributed by atoms with Gasteiger partial charge >= 0.3 is 6.03 Å². The molecular weight excluding hydrogens is 348 g/mol. The van der Waals surface area contributed by atoms with Crippen LogP contribution >= 0.6 is 0 Å². The number of anilines is 1. The molecule has 2 aromatic carbocycles. The predicted octanol–water partition coefficient (Wildman–Crippen LogP) is 4.04. The number of rotatable bonds is 10. The van der Waals surface area contributed by atoms with Gasteiger partial charge in [-0.1, -0.05) is 12.1 Å². The summed E-state index contributed by atoms with van der Waals surface area (Å²) >= 11 is 0. The molecule has 0 heterocycles. The van der Waals surface area contributed by atoms with Gasteiger partial charge in [-0.05, 0) is 45.0 Å². The van der Waals surface area contributed by atoms with Crippen LogP contribution in [0.4, 0.5) is 10.5 Å². The van der Waals surface area contributed by atoms with Gasteiger partial charge in [-0.15, -0.1) is 0 Å². The van der Waals surface area contributed by atoms with E-state index in [2.05, 4.69) is 10.6 Å². The molecule has 0 saturated carbocycles. The third-order valence-corrected chi connectivity index (χ3v) is 3.41. The maximum absolute atomic E-state index is 12.1. The van der Waals surface area contributed by atoms with Gasteiger partial charge < -0.3 is 29.6 Å². The van der Waals surface area contributed by atoms with Crippen LogP contribution in [-0.4, -0.2) is 32.6 Å². The Kier molecular flexibility index (Phi) is 8.09. The number of carbonyl (C=O) groups is 1. The number of carbonyl (C=O) groups excluding carboxylic acids is 1. The van der Waals surface area contributed by atoms with E-state index in [0.717, 1.165) is 0 Å². The molecule has 0 bridgehead atoms. The lowest BCUT2D eigenvalue weighted by Gasteiger charge is -2.14. The van der Waals surface area contributed by atoms with E-state index in [1.54, 1.807) is 24.3 Å². The fourth-order valence-corrected chi connectivity index (χ4v) is 2.33. The average Bonchev–Trinajstić information content (AvgIpc) is 2.66. The molecule has 27 heavy (non-hydrogen) atoms. The molecule has 146 valence electrons. The van der Waals surface area contributed by atoms with Crippen LogP contribution in [0.15, 0.2) is 42.5 Å². The van der Waals surface area contributed by atoms with Gasteiger partial charge in [0.25, 0.3) is 0 Å². The van der Waals surface area contributed by atoms with Gasteiger partial charge in [-0.25, -0.2) is 4.79 Å². The zero-order valence-corrected chi connectivity index (χ0v) is 15.9. The summed E-state index contributed by atoms with van der Waals surface area (Å²) in [6.07, 6.45) is 0. The van der Waals surface area contributed by atoms with E-state index in [-0.39, 0.29) is 6.73 Å². The summed E-state index contributed by atoms with van der Waals surface area (Å²) < 4.78 is 22.1. The number of para-hydroxylation sites is 2. The fraction of sp³-hybridized carbons (Fsp3) is 0.350. The smallest absolute Gasteiger partial charge is 0.321 e. The topological polar surface area (TPSA) is 78.1 Å². The van der Waals surface area contributed by atoms with Crippen molar-refractivity contribution in [1.82, 2.24) is 5.32 Å². The normalized spacial score (nSPS) is 10.0. The standard InChI is InChI=1S/C20H26N2O5/c1-4-24-16-9-7-8-10-17(16)27-14-21-20(23)22-15-11-12-18(25-5-2)19(13-15)26-6-3/h7-13H,4-6,14H2,1-3H3,(H2,21,22,23). The molecule has 0 aliphatic heterocycles. The number of hydrogen-bond acceptors (Lipinski definition) is 5. The molecular formula is C20H26N2O5. The Morgan fingerprint density at radius 3 is 1.96 bits per heavy atom. The summed E-state index contributed by atoms with van der Waals surface area (Å²) in [7, 11) is 0. The molecule has 2 aromatic rings. The number of ether oxygens (including phenoxy) is 4. The molecule has 0 spiro atoms. The highest BCUT2D eigenvalue weighted by Gasteiger charge is 2.09. The van der Waals surface area contributed by atoms with Crippen molar-refractivity contribution in [3.05, 3.63) is 42.5 Å². The number of benzene rings is 2. The zero-order chi connectivity index (χ0) is 19.5. The third-order valence-electron chi connectivity index (χ3n) is 3.41. The molecule has 2 rings (SSSR count). The van der Waals surface area contributed by atoms with Crippen LogP contribution in [0.3, 0.4) is 0 Å². The number of nitrogens with one attached hydrogen (secondary N) is 2. The second kappa shape index (κ2) is 10.8. The van der Waals surface area contributed by atoms with Crippen LogP contribution in [0.25, 0.3) is 0 Å². The van der Waals surface area contributed by atoms with Crippen molar-refractivity contribution >= 4 is 11.7 Å². The molecule has 7 nitrogen and oxygen atoms in total. The average molecular weight is 374 g/mol. The summed E-state index contributed by atoms with van der Waals surface area (Å²) in [5.74, 6) is 2.43. The quantitative estimate of drug-likeness (QED) is 0.614. The van der Waals surface area contributed by atoms with Gasteiger partial charge in [-0.2, -0.15) is 0 Å². The molecule has 0 atom stereocenters. The minimum Gasteiger partial charge on any atom is -0.490 e. The Bertz CT molecular complexity index is 736. The summed E-state index contributed by atoms with van der Waals surface area (Å²) in [5.41, 5.74) is 0.592. The second-order valence-corrected chi connectivity index (χ2v) is 5.33. The molecule has 0 saturated heterocycles. The van der Waals surface area contributed by atoms with Gasteiger partial charge in [0.15, 0.2) is 29.7 Å². The van der Waals surface area contributed by atoms with Crippen LogP contribution in [0.2, 0.25) is 0 Å². The van der Waals surface area contributed by atoms with Crippen molar-refractivity contribution in [3.8, 4) is 23.0 Å². The lowest BCUT2D eigenvalue weighted by atomic mass is 10.2. The van der Waals surface area contributed by atoms with Gasteiger partial charge in [0.05, 0.1) is 19.8 Å². The van der Waals surface area contributed by atoms with Gasteiger partial charge in [-0.3, -0.25) is 0 Å². The molecule has 0 radical (unpaired) electrons. The first-order valence-electron chi connectivity index (χ1n) is 8.97. The van der Waals surface area contributed by atoms with Crippen LogP contribution in [0.5, 0.6) is 23.0 Å². The van der Waals surface area contributed by atoms with E-state index >= 15 is 0 Å². The van der Waals surface area contributed by atoms with Crippen molar-refractivity contribution in [1.29, 1.82) is 0 Å². The number of amides is 2. The lowest BCUT2D eigenvalue weighted by Crippen LogP contribution is -2.32. The van der Waals surface area contributed by atoms with Gasteiger partial charge in [0.2, 0.25) is 0 Å². The van der Waals surface area contributed by atoms with E-state index in [9.17, 15) is 4.79 Å². The monoisotopic (exact) mass is 374 g/mol. The largest absolute Gasteiger partial charge is 0.490 e. The van der Waals surface area contributed by atoms with E-state index in [1.807, 2.05) is 39.0 Å². The Morgan fingerprint density at radius 2 is 1.33 bits per heavy atom. The molecule has 0 unspecified atom stereocenters. The second-order valence-electron chi connectivity index (χ2n) is 5.33. The highest BCUT2D eigenvalue weighted by Crippen LogP contribution is 2.30. The molecule has 2 amide bonds. The highest BCUT2D eigenvalue weighted by molar-refractivity contribution is 5.89. The zero-order valence-electron chi connectivity index (χ0n) is 15.9. The Balaban J connectivity index is 1.89. The minimum atomic E-state index is -0.393. The summed E-state index contributed by atoms with van der Waals surface area (Å²) in [6, 6.07) is 12.1. The Morgan fingerprint density at radius 1 is 0.778 bits per heavy atom. The maximum atomic E-state index is 12.1. The van der Waals surface area contributed by atoms with Crippen LogP contribution in [0, 0.1) is 0 Å². The Labute approximate surface area is 159 Å². The van der Waals surface area contributed by atoms with E-state index in [4.69, 9.17) is 18.9 Å². The first-order chi connectivity index (χ1) is 13.2. The molecule has 0 aliphatic carbocycles. The van der Waals surface area contributed by atoms with Gasteiger partial charge in [0.1, 0.15) is 0 Å². The molecule has 0 aromatic heterocycles. The van der Waals surface area contributed by atoms with Crippen LogP contribution in [0.1, 0.15) is 20.8 Å². The highest BCUT2D eigenvalue weighted by atomic mass is 16.5. The summed E-state index contributed by atoms with van der Waals surface area (Å²) in [4.78, 5) is 12.1. The van der Waals surface area contributed by atoms with Crippen molar-refractivity contribution in [2.75, 3.05) is 31.9 Å². The number of urea groups is 1. The Hall–Kier alpha value is -3.09. The van der Waals surface area contributed by atoms with Crippen molar-refractivity contribution in [3.63, 3.8) is 0 Å². The SMILES string of the molecule is CCOc1ccc(NC(=O)NCOc2ccccc2OCC)cc1OCC. The van der Waals surface area contributed by atoms with Crippen molar-refractivity contribution < 1.29 is 23.7 Å². The summed E-state index contributed by atoms with van der Waals surface area (Å²) in [5, 5.41) is 5.38. The lowest BCUT2D eigenvalue weighted by molar-refractivity contribution is 0.229. The third kappa shape index (κ3) is 6.29. The molecule has 2 N–H and O–H groups in total. The first kappa shape index (κ1) is 20.2. The first-order valence-corrected chi connectivity index (χ1v) is 8.97. The predicted molar refractivity (Wildman–Crippen MR) is 104 cm³/mol. The van der Waals surface area contributed by atoms with Crippen LogP contribution in [-0.2, 0) is 0 Å². The fourth-order valence-electron chi connectivity index (χ4n) is 2.33. The van der Waals surface area contributed by atoms with Crippen LogP contribution < -0.4 is 29.6 Å². The summed E-state index contributed by atoms with van der Waals surface area (Å²) in [6.45, 7) is 7.27. The minimum absolute atomic E-state index is 0.00523. The van der Waals surface area contributed by atoms with E-state index in [0.29, 0.717) is 48.5 Å². The molecule has 7 heteroatoms. The number of hydrogen-bond donors (Lipinski definition) is 2. The van der Waals surface area contributed by atoms with Crippen molar-refractivity contribution in [2.24, 2.45) is 0 Å². The maximum Gasteiger partial charge on any atom is 0.321 e.